The largest absolute Gasteiger partial charge is 0.493 e. The van der Waals surface area contributed by atoms with Gasteiger partial charge in [0, 0.05) is 6.20 Å². The quantitative estimate of drug-likeness (QED) is 0.609. The molecule has 0 atom stereocenters. The number of hydrogen-bond donors (Lipinski definition) is 2. The molecule has 0 bridgehead atoms. The number of H-pyrrole nitrogens is 1. The standard InChI is InChI=1S/C16H19N3O3/c1-3-9-22-15-10-12(6-7-14(15)21-2)11-18-19-16(20)13-5-4-8-17-13/h4-8,10-11,17H,3,9H2,1-2H3,(H,19,20)/b18-11-. The van der Waals surface area contributed by atoms with Gasteiger partial charge in [-0.25, -0.2) is 5.43 Å². The number of methoxy groups -OCH3 is 1. The molecular formula is C16H19N3O3. The van der Waals surface area contributed by atoms with Crippen LogP contribution >= 0.6 is 0 Å². The Hall–Kier alpha value is -2.76. The SMILES string of the molecule is CCCOc1cc(/C=N\NC(=O)c2ccc[nH]2)ccc1OC. The Morgan fingerprint density at radius 2 is 2.23 bits per heavy atom. The van der Waals surface area contributed by atoms with Crippen molar-refractivity contribution in [3.63, 3.8) is 0 Å². The number of aromatic amines is 1. The van der Waals surface area contributed by atoms with E-state index in [1.165, 1.54) is 0 Å². The minimum atomic E-state index is -0.294. The van der Waals surface area contributed by atoms with Crippen LogP contribution in [0.25, 0.3) is 0 Å². The normalized spacial score (nSPS) is 10.6. The summed E-state index contributed by atoms with van der Waals surface area (Å²) >= 11 is 0. The fourth-order valence-electron chi connectivity index (χ4n) is 1.80. The Labute approximate surface area is 129 Å². The van der Waals surface area contributed by atoms with E-state index < -0.39 is 0 Å². The predicted molar refractivity (Wildman–Crippen MR) is 84.6 cm³/mol. The van der Waals surface area contributed by atoms with Gasteiger partial charge in [0.05, 0.1) is 19.9 Å². The molecular weight excluding hydrogens is 282 g/mol. The Bertz CT molecular complexity index is 636. The second kappa shape index (κ2) is 7.87. The summed E-state index contributed by atoms with van der Waals surface area (Å²) in [6.45, 7) is 2.65. The monoisotopic (exact) mass is 301 g/mol. The van der Waals surface area contributed by atoms with Gasteiger partial charge in [-0.3, -0.25) is 4.79 Å². The number of benzene rings is 1. The van der Waals surface area contributed by atoms with Crippen LogP contribution in [-0.2, 0) is 0 Å². The van der Waals surface area contributed by atoms with E-state index in [4.69, 9.17) is 9.47 Å². The molecule has 116 valence electrons. The predicted octanol–water partition coefficient (Wildman–Crippen LogP) is 2.58. The number of nitrogens with zero attached hydrogens (tertiary/aromatic N) is 1. The maximum absolute atomic E-state index is 11.7. The summed E-state index contributed by atoms with van der Waals surface area (Å²) in [7, 11) is 1.60. The molecule has 0 saturated carbocycles. The van der Waals surface area contributed by atoms with Crippen LogP contribution in [0.1, 0.15) is 29.4 Å². The van der Waals surface area contributed by atoms with Crippen molar-refractivity contribution in [3.05, 3.63) is 47.8 Å². The highest BCUT2D eigenvalue weighted by Gasteiger charge is 2.05. The van der Waals surface area contributed by atoms with E-state index in [0.29, 0.717) is 23.8 Å². The fourth-order valence-corrected chi connectivity index (χ4v) is 1.80. The molecule has 2 rings (SSSR count). The van der Waals surface area contributed by atoms with E-state index in [1.54, 1.807) is 37.7 Å². The molecule has 0 fully saturated rings. The third-order valence-electron chi connectivity index (χ3n) is 2.87. The highest BCUT2D eigenvalue weighted by atomic mass is 16.5. The minimum absolute atomic E-state index is 0.294. The lowest BCUT2D eigenvalue weighted by Gasteiger charge is -2.10. The van der Waals surface area contributed by atoms with Crippen LogP contribution in [0, 0.1) is 0 Å². The molecule has 1 amide bonds. The third-order valence-corrected chi connectivity index (χ3v) is 2.87. The molecule has 0 spiro atoms. The van der Waals surface area contributed by atoms with Crippen molar-refractivity contribution < 1.29 is 14.3 Å². The van der Waals surface area contributed by atoms with Gasteiger partial charge in [0.15, 0.2) is 11.5 Å². The molecule has 2 aromatic rings. The Morgan fingerprint density at radius 1 is 1.36 bits per heavy atom. The summed E-state index contributed by atoms with van der Waals surface area (Å²) in [5.74, 6) is 1.03. The van der Waals surface area contributed by atoms with E-state index in [9.17, 15) is 4.79 Å². The first-order chi connectivity index (χ1) is 10.7. The van der Waals surface area contributed by atoms with Crippen LogP contribution in [0.2, 0.25) is 0 Å². The van der Waals surface area contributed by atoms with Gasteiger partial charge in [-0.2, -0.15) is 5.10 Å². The van der Waals surface area contributed by atoms with Crippen molar-refractivity contribution in [1.29, 1.82) is 0 Å². The van der Waals surface area contributed by atoms with Gasteiger partial charge in [-0.1, -0.05) is 6.92 Å². The van der Waals surface area contributed by atoms with Gasteiger partial charge < -0.3 is 14.5 Å². The molecule has 1 heterocycles. The van der Waals surface area contributed by atoms with Crippen LogP contribution in [0.3, 0.4) is 0 Å². The number of ether oxygens (including phenoxy) is 2. The molecule has 1 aromatic carbocycles. The van der Waals surface area contributed by atoms with Crippen molar-refractivity contribution in [2.75, 3.05) is 13.7 Å². The average Bonchev–Trinajstić information content (AvgIpc) is 3.07. The van der Waals surface area contributed by atoms with Crippen molar-refractivity contribution in [1.82, 2.24) is 10.4 Å². The molecule has 0 aliphatic heterocycles. The number of carbonyl (C=O) groups is 1. The summed E-state index contributed by atoms with van der Waals surface area (Å²) in [5, 5.41) is 3.93. The third kappa shape index (κ3) is 4.12. The second-order valence-electron chi connectivity index (χ2n) is 4.54. The van der Waals surface area contributed by atoms with Crippen molar-refractivity contribution in [2.45, 2.75) is 13.3 Å². The first kappa shape index (κ1) is 15.6. The number of hydrazone groups is 1. The summed E-state index contributed by atoms with van der Waals surface area (Å²) < 4.78 is 10.9. The van der Waals surface area contributed by atoms with Gasteiger partial charge >= 0.3 is 0 Å². The van der Waals surface area contributed by atoms with E-state index in [-0.39, 0.29) is 5.91 Å². The van der Waals surface area contributed by atoms with Gasteiger partial charge in [-0.15, -0.1) is 0 Å². The molecule has 1 aromatic heterocycles. The number of hydrogen-bond acceptors (Lipinski definition) is 4. The maximum Gasteiger partial charge on any atom is 0.287 e. The number of nitrogens with one attached hydrogen (secondary N) is 2. The zero-order chi connectivity index (χ0) is 15.8. The van der Waals surface area contributed by atoms with Crippen molar-refractivity contribution in [3.8, 4) is 11.5 Å². The van der Waals surface area contributed by atoms with Gasteiger partial charge in [-0.05, 0) is 42.3 Å². The fraction of sp³-hybridized carbons (Fsp3) is 0.250. The second-order valence-corrected chi connectivity index (χ2v) is 4.54. The van der Waals surface area contributed by atoms with Crippen LogP contribution in [-0.4, -0.2) is 30.8 Å². The zero-order valence-electron chi connectivity index (χ0n) is 12.6. The molecule has 0 aliphatic carbocycles. The van der Waals surface area contributed by atoms with Crippen LogP contribution in [0.15, 0.2) is 41.6 Å². The summed E-state index contributed by atoms with van der Waals surface area (Å²) in [4.78, 5) is 14.5. The molecule has 0 radical (unpaired) electrons. The van der Waals surface area contributed by atoms with Gasteiger partial charge in [0.25, 0.3) is 5.91 Å². The average molecular weight is 301 g/mol. The first-order valence-electron chi connectivity index (χ1n) is 7.02. The van der Waals surface area contributed by atoms with Crippen molar-refractivity contribution >= 4 is 12.1 Å². The molecule has 0 saturated heterocycles. The zero-order valence-corrected chi connectivity index (χ0v) is 12.6. The van der Waals surface area contributed by atoms with Crippen LogP contribution in [0.4, 0.5) is 0 Å². The lowest BCUT2D eigenvalue weighted by Crippen LogP contribution is -2.17. The first-order valence-corrected chi connectivity index (χ1v) is 7.02. The molecule has 6 heteroatoms. The topological polar surface area (TPSA) is 75.7 Å². The summed E-state index contributed by atoms with van der Waals surface area (Å²) in [6, 6.07) is 8.88. The summed E-state index contributed by atoms with van der Waals surface area (Å²) in [6.07, 6.45) is 4.15. The number of aromatic nitrogens is 1. The molecule has 22 heavy (non-hydrogen) atoms. The van der Waals surface area contributed by atoms with E-state index in [0.717, 1.165) is 12.0 Å². The lowest BCUT2D eigenvalue weighted by molar-refractivity contribution is 0.0951. The number of carbonyl (C=O) groups excluding carboxylic acids is 1. The van der Waals surface area contributed by atoms with E-state index >= 15 is 0 Å². The lowest BCUT2D eigenvalue weighted by atomic mass is 10.2. The van der Waals surface area contributed by atoms with E-state index in [1.807, 2.05) is 19.1 Å². The molecule has 6 nitrogen and oxygen atoms in total. The molecule has 2 N–H and O–H groups in total. The Balaban J connectivity index is 2.02. The number of amides is 1. The Morgan fingerprint density at radius 3 is 2.91 bits per heavy atom. The highest BCUT2D eigenvalue weighted by Crippen LogP contribution is 2.27. The van der Waals surface area contributed by atoms with Crippen LogP contribution < -0.4 is 14.9 Å². The van der Waals surface area contributed by atoms with Gasteiger partial charge in [0.2, 0.25) is 0 Å². The van der Waals surface area contributed by atoms with Gasteiger partial charge in [0.1, 0.15) is 5.69 Å². The van der Waals surface area contributed by atoms with Crippen molar-refractivity contribution in [2.24, 2.45) is 5.10 Å². The minimum Gasteiger partial charge on any atom is -0.493 e. The summed E-state index contributed by atoms with van der Waals surface area (Å²) in [5.41, 5.74) is 3.71. The van der Waals surface area contributed by atoms with E-state index in [2.05, 4.69) is 15.5 Å². The smallest absolute Gasteiger partial charge is 0.287 e. The molecule has 0 unspecified atom stereocenters. The highest BCUT2D eigenvalue weighted by molar-refractivity contribution is 5.93. The number of rotatable bonds is 7. The Kier molecular flexibility index (Phi) is 5.59. The molecule has 0 aliphatic rings. The maximum atomic E-state index is 11.7. The van der Waals surface area contributed by atoms with Crippen LogP contribution in [0.5, 0.6) is 11.5 Å².